The highest BCUT2D eigenvalue weighted by molar-refractivity contribution is 7.99. The Hall–Kier alpha value is -0.550. The zero-order chi connectivity index (χ0) is 13.3. The van der Waals surface area contributed by atoms with Crippen LogP contribution in [0.25, 0.3) is 0 Å². The molecule has 0 bridgehead atoms. The molecule has 106 valence electrons. The van der Waals surface area contributed by atoms with Crippen molar-refractivity contribution in [2.24, 2.45) is 0 Å². The quantitative estimate of drug-likeness (QED) is 0.592. The molecular weight excluding hydrogens is 256 g/mol. The molecule has 1 fully saturated rings. The van der Waals surface area contributed by atoms with E-state index in [9.17, 15) is 0 Å². The summed E-state index contributed by atoms with van der Waals surface area (Å²) in [5.41, 5.74) is 0. The van der Waals surface area contributed by atoms with Crippen LogP contribution in [0.3, 0.4) is 0 Å². The van der Waals surface area contributed by atoms with Crippen molar-refractivity contribution in [2.75, 3.05) is 32.1 Å². The van der Waals surface area contributed by atoms with Gasteiger partial charge in [-0.05, 0) is 25.5 Å². The van der Waals surface area contributed by atoms with Crippen molar-refractivity contribution in [3.05, 3.63) is 30.3 Å². The van der Waals surface area contributed by atoms with E-state index in [1.165, 1.54) is 4.90 Å². The number of hydrogen-bond donors (Lipinski definition) is 2. The Kier molecular flexibility index (Phi) is 6.71. The van der Waals surface area contributed by atoms with Crippen molar-refractivity contribution in [3.8, 4) is 0 Å². The molecule has 2 atom stereocenters. The van der Waals surface area contributed by atoms with Crippen LogP contribution in [0.15, 0.2) is 35.2 Å². The van der Waals surface area contributed by atoms with Crippen LogP contribution in [0, 0.1) is 0 Å². The van der Waals surface area contributed by atoms with E-state index in [2.05, 4.69) is 47.9 Å². The Morgan fingerprint density at radius 3 is 3.00 bits per heavy atom. The predicted molar refractivity (Wildman–Crippen MR) is 81.9 cm³/mol. The molecule has 0 aromatic heterocycles. The summed E-state index contributed by atoms with van der Waals surface area (Å²) in [7, 11) is 0. The van der Waals surface area contributed by atoms with Gasteiger partial charge in [-0.2, -0.15) is 0 Å². The standard InChI is InChI=1S/C15H24N2OS/c1-13(11-14-12-18-9-7-17-14)16-8-10-19-15-5-3-2-4-6-15/h2-6,13-14,16-17H,7-12H2,1H3. The van der Waals surface area contributed by atoms with Crippen LogP contribution < -0.4 is 10.6 Å². The van der Waals surface area contributed by atoms with Crippen molar-refractivity contribution >= 4 is 11.8 Å². The fourth-order valence-corrected chi connectivity index (χ4v) is 3.08. The van der Waals surface area contributed by atoms with Gasteiger partial charge in [0.15, 0.2) is 0 Å². The van der Waals surface area contributed by atoms with E-state index in [0.717, 1.165) is 38.5 Å². The third-order valence-electron chi connectivity index (χ3n) is 3.24. The summed E-state index contributed by atoms with van der Waals surface area (Å²) in [6.07, 6.45) is 1.13. The summed E-state index contributed by atoms with van der Waals surface area (Å²) in [6, 6.07) is 11.6. The largest absolute Gasteiger partial charge is 0.379 e. The third-order valence-corrected chi connectivity index (χ3v) is 4.26. The second-order valence-corrected chi connectivity index (χ2v) is 6.15. The molecule has 1 aromatic carbocycles. The van der Waals surface area contributed by atoms with Crippen molar-refractivity contribution in [3.63, 3.8) is 0 Å². The lowest BCUT2D eigenvalue weighted by atomic mass is 10.1. The lowest BCUT2D eigenvalue weighted by molar-refractivity contribution is 0.0713. The first-order valence-corrected chi connectivity index (χ1v) is 8.05. The highest BCUT2D eigenvalue weighted by Crippen LogP contribution is 2.15. The van der Waals surface area contributed by atoms with Crippen LogP contribution in [0.5, 0.6) is 0 Å². The molecule has 1 heterocycles. The van der Waals surface area contributed by atoms with Crippen LogP contribution in [0.1, 0.15) is 13.3 Å². The summed E-state index contributed by atoms with van der Waals surface area (Å²) in [5, 5.41) is 7.08. The van der Waals surface area contributed by atoms with Gasteiger partial charge >= 0.3 is 0 Å². The Balaban J connectivity index is 1.55. The molecule has 4 heteroatoms. The van der Waals surface area contributed by atoms with E-state index in [1.54, 1.807) is 0 Å². The Morgan fingerprint density at radius 1 is 1.42 bits per heavy atom. The molecule has 0 aliphatic carbocycles. The zero-order valence-electron chi connectivity index (χ0n) is 11.6. The van der Waals surface area contributed by atoms with Crippen molar-refractivity contribution in [2.45, 2.75) is 30.3 Å². The van der Waals surface area contributed by atoms with Gasteiger partial charge in [-0.25, -0.2) is 0 Å². The van der Waals surface area contributed by atoms with Crippen LogP contribution in [-0.2, 0) is 4.74 Å². The molecule has 1 aliphatic heterocycles. The number of morpholine rings is 1. The average molecular weight is 280 g/mol. The number of hydrogen-bond acceptors (Lipinski definition) is 4. The van der Waals surface area contributed by atoms with Gasteiger partial charge < -0.3 is 15.4 Å². The first kappa shape index (κ1) is 14.9. The maximum absolute atomic E-state index is 5.47. The Bertz CT molecular complexity index is 341. The van der Waals surface area contributed by atoms with Gasteiger partial charge in [-0.1, -0.05) is 18.2 Å². The summed E-state index contributed by atoms with van der Waals surface area (Å²) < 4.78 is 5.47. The first-order valence-electron chi connectivity index (χ1n) is 7.07. The van der Waals surface area contributed by atoms with Gasteiger partial charge in [0, 0.05) is 35.8 Å². The summed E-state index contributed by atoms with van der Waals surface area (Å²) in [6.45, 7) is 6.00. The molecule has 0 saturated carbocycles. The molecule has 2 rings (SSSR count). The van der Waals surface area contributed by atoms with Gasteiger partial charge in [-0.3, -0.25) is 0 Å². The molecule has 1 aromatic rings. The zero-order valence-corrected chi connectivity index (χ0v) is 12.4. The average Bonchev–Trinajstić information content (AvgIpc) is 2.46. The highest BCUT2D eigenvalue weighted by Gasteiger charge is 2.15. The van der Waals surface area contributed by atoms with Crippen LogP contribution in [0.2, 0.25) is 0 Å². The van der Waals surface area contributed by atoms with E-state index < -0.39 is 0 Å². The Morgan fingerprint density at radius 2 is 2.26 bits per heavy atom. The lowest BCUT2D eigenvalue weighted by Gasteiger charge is -2.26. The molecule has 19 heavy (non-hydrogen) atoms. The molecule has 1 saturated heterocycles. The van der Waals surface area contributed by atoms with Gasteiger partial charge in [0.1, 0.15) is 0 Å². The Labute approximate surface area is 120 Å². The van der Waals surface area contributed by atoms with Gasteiger partial charge in [0.05, 0.1) is 13.2 Å². The molecule has 0 spiro atoms. The van der Waals surface area contributed by atoms with Gasteiger partial charge in [0.25, 0.3) is 0 Å². The number of benzene rings is 1. The molecule has 2 unspecified atom stereocenters. The normalized spacial score (nSPS) is 21.2. The number of nitrogens with one attached hydrogen (secondary N) is 2. The van der Waals surface area contributed by atoms with Crippen LogP contribution in [-0.4, -0.2) is 44.1 Å². The maximum Gasteiger partial charge on any atom is 0.0620 e. The first-order chi connectivity index (χ1) is 9.34. The second-order valence-electron chi connectivity index (χ2n) is 4.98. The minimum absolute atomic E-state index is 0.512. The van der Waals surface area contributed by atoms with E-state index in [1.807, 2.05) is 11.8 Å². The molecule has 2 N–H and O–H groups in total. The van der Waals surface area contributed by atoms with Gasteiger partial charge in [-0.15, -0.1) is 11.8 Å². The molecule has 3 nitrogen and oxygen atoms in total. The van der Waals surface area contributed by atoms with Crippen molar-refractivity contribution < 1.29 is 4.74 Å². The fourth-order valence-electron chi connectivity index (χ4n) is 2.27. The smallest absolute Gasteiger partial charge is 0.0620 e. The summed E-state index contributed by atoms with van der Waals surface area (Å²) in [5.74, 6) is 1.11. The van der Waals surface area contributed by atoms with Crippen molar-refractivity contribution in [1.29, 1.82) is 0 Å². The van der Waals surface area contributed by atoms with Crippen molar-refractivity contribution in [1.82, 2.24) is 10.6 Å². The molecular formula is C15H24N2OS. The van der Waals surface area contributed by atoms with E-state index >= 15 is 0 Å². The van der Waals surface area contributed by atoms with Gasteiger partial charge in [0.2, 0.25) is 0 Å². The third kappa shape index (κ3) is 5.95. The van der Waals surface area contributed by atoms with Crippen LogP contribution >= 0.6 is 11.8 Å². The second kappa shape index (κ2) is 8.59. The molecule has 1 aliphatic rings. The SMILES string of the molecule is CC(CC1COCCN1)NCCSc1ccccc1. The minimum atomic E-state index is 0.512. The number of thioether (sulfide) groups is 1. The summed E-state index contributed by atoms with van der Waals surface area (Å²) in [4.78, 5) is 1.35. The van der Waals surface area contributed by atoms with E-state index in [4.69, 9.17) is 4.74 Å². The highest BCUT2D eigenvalue weighted by atomic mass is 32.2. The molecule has 0 amide bonds. The summed E-state index contributed by atoms with van der Waals surface area (Å²) >= 11 is 1.91. The molecule has 0 radical (unpaired) electrons. The predicted octanol–water partition coefficient (Wildman–Crippen LogP) is 2.14. The van der Waals surface area contributed by atoms with Crippen LogP contribution in [0.4, 0.5) is 0 Å². The fraction of sp³-hybridized carbons (Fsp3) is 0.600. The maximum atomic E-state index is 5.47. The van der Waals surface area contributed by atoms with E-state index in [0.29, 0.717) is 12.1 Å². The lowest BCUT2D eigenvalue weighted by Crippen LogP contribution is -2.45. The number of rotatable bonds is 7. The minimum Gasteiger partial charge on any atom is -0.379 e. The topological polar surface area (TPSA) is 33.3 Å². The van der Waals surface area contributed by atoms with E-state index in [-0.39, 0.29) is 0 Å². The monoisotopic (exact) mass is 280 g/mol. The number of ether oxygens (including phenoxy) is 1.